The molecule has 0 aliphatic rings. The molecule has 0 aliphatic heterocycles. The zero-order valence-corrected chi connectivity index (χ0v) is 34.0. The van der Waals surface area contributed by atoms with Crippen LogP contribution in [0.1, 0.15) is 136 Å². The van der Waals surface area contributed by atoms with Gasteiger partial charge in [0.25, 0.3) is 0 Å². The summed E-state index contributed by atoms with van der Waals surface area (Å²) in [5.74, 6) is -2.83. The Morgan fingerprint density at radius 3 is 1.64 bits per heavy atom. The number of nitrogens with one attached hydrogen (secondary N) is 3. The van der Waals surface area contributed by atoms with Crippen molar-refractivity contribution in [3.8, 4) is 0 Å². The first-order chi connectivity index (χ1) is 26.9. The van der Waals surface area contributed by atoms with E-state index in [0.717, 1.165) is 64.2 Å². The molecule has 0 radical (unpaired) electrons. The first-order valence-electron chi connectivity index (χ1n) is 20.5. The Kier molecular flexibility index (Phi) is 34.8. The highest BCUT2D eigenvalue weighted by atomic mass is 16.5. The van der Waals surface area contributed by atoms with Crippen molar-refractivity contribution < 1.29 is 62.7 Å². The molecule has 0 saturated carbocycles. The normalized spacial score (nSPS) is 12.1. The molecule has 16 nitrogen and oxygen atoms in total. The van der Waals surface area contributed by atoms with Crippen LogP contribution in [0.5, 0.6) is 0 Å². The quantitative estimate of drug-likeness (QED) is 0.0548. The minimum atomic E-state index is -1.25. The van der Waals surface area contributed by atoms with Crippen LogP contribution in [0.15, 0.2) is 0 Å². The predicted molar refractivity (Wildman–Crippen MR) is 209 cm³/mol. The van der Waals surface area contributed by atoms with Crippen molar-refractivity contribution in [2.24, 2.45) is 5.92 Å². The maximum absolute atomic E-state index is 12.1. The minimum absolute atomic E-state index is 0.00820. The molecule has 0 bridgehead atoms. The number of carboxylic acids is 2. The second kappa shape index (κ2) is 37.1. The van der Waals surface area contributed by atoms with Crippen LogP contribution in [0.2, 0.25) is 0 Å². The van der Waals surface area contributed by atoms with E-state index in [1.165, 1.54) is 12.8 Å². The van der Waals surface area contributed by atoms with Crippen molar-refractivity contribution >= 4 is 41.2 Å². The lowest BCUT2D eigenvalue weighted by Crippen LogP contribution is -2.43. The molecular formula is C40H71N3O13. The summed E-state index contributed by atoms with van der Waals surface area (Å²) in [5, 5.41) is 26.0. The van der Waals surface area contributed by atoms with E-state index in [2.05, 4.69) is 16.0 Å². The highest BCUT2D eigenvalue weighted by Crippen LogP contribution is 2.12. The van der Waals surface area contributed by atoms with Gasteiger partial charge in [0, 0.05) is 51.3 Å². The Bertz CT molecular complexity index is 1110. The molecule has 0 aromatic heterocycles. The maximum atomic E-state index is 12.1. The fourth-order valence-electron chi connectivity index (χ4n) is 5.43. The molecule has 0 spiro atoms. The summed E-state index contributed by atoms with van der Waals surface area (Å²) in [6.45, 7) is 5.42. The number of aliphatic carboxylic acids is 2. The minimum Gasteiger partial charge on any atom is -0.481 e. The topological polar surface area (TPSA) is 233 Å². The van der Waals surface area contributed by atoms with Crippen LogP contribution in [0.4, 0.5) is 0 Å². The van der Waals surface area contributed by atoms with Gasteiger partial charge < -0.3 is 45.1 Å². The van der Waals surface area contributed by atoms with Gasteiger partial charge in [-0.2, -0.15) is 0 Å². The molecule has 0 aromatic carbocycles. The molecule has 0 saturated heterocycles. The van der Waals surface area contributed by atoms with Gasteiger partial charge in [0.15, 0.2) is 5.78 Å². The van der Waals surface area contributed by atoms with Crippen LogP contribution >= 0.6 is 0 Å². The molecule has 0 heterocycles. The molecule has 0 rings (SSSR count). The number of hydrogen-bond donors (Lipinski definition) is 5. The van der Waals surface area contributed by atoms with Crippen molar-refractivity contribution in [2.45, 2.75) is 142 Å². The summed E-state index contributed by atoms with van der Waals surface area (Å²) >= 11 is 0. The summed E-state index contributed by atoms with van der Waals surface area (Å²) in [6.07, 6.45) is 14.2. The first kappa shape index (κ1) is 52.5. The zero-order chi connectivity index (χ0) is 41.7. The average Bonchev–Trinajstić information content (AvgIpc) is 3.15. The van der Waals surface area contributed by atoms with Crippen LogP contribution < -0.4 is 16.0 Å². The first-order valence-corrected chi connectivity index (χ1v) is 20.5. The lowest BCUT2D eigenvalue weighted by molar-refractivity contribution is -0.143. The molecule has 0 fully saturated rings. The van der Waals surface area contributed by atoms with E-state index in [1.807, 2.05) is 6.92 Å². The van der Waals surface area contributed by atoms with Crippen LogP contribution in [0.3, 0.4) is 0 Å². The SMILES string of the molecule is CC(=O)[C@@H](C)CCCCNC(=O)CC[C@H](NC(=O)COCCOCCCC(=O)COCCOCCNC(=O)CCCCCCCCCCCCC(=O)O)C(=O)O. The van der Waals surface area contributed by atoms with E-state index in [-0.39, 0.29) is 88.0 Å². The van der Waals surface area contributed by atoms with Gasteiger partial charge in [-0.05, 0) is 45.4 Å². The van der Waals surface area contributed by atoms with E-state index < -0.39 is 23.9 Å². The standard InChI is InChI=1S/C40H71N3O13/c1-32(33(2)44)16-13-14-22-41-37(47)21-20-35(40(51)52)43-38(48)31-56-29-26-53-24-15-17-34(45)30-55-28-27-54-25-23-42-36(46)18-11-9-7-5-3-4-6-8-10-12-19-39(49)50/h32,35H,3-31H2,1-2H3,(H,41,47)(H,42,46)(H,43,48)(H,49,50)(H,51,52)/t32-,35-/m0/s1. The third-order valence-electron chi connectivity index (χ3n) is 8.97. The van der Waals surface area contributed by atoms with Crippen molar-refractivity contribution in [1.82, 2.24) is 16.0 Å². The maximum Gasteiger partial charge on any atom is 0.326 e. The second-order valence-corrected chi connectivity index (χ2v) is 14.1. The third-order valence-corrected chi connectivity index (χ3v) is 8.97. The number of rotatable bonds is 41. The van der Waals surface area contributed by atoms with Crippen LogP contribution in [0.25, 0.3) is 0 Å². The molecule has 2 atom stereocenters. The Balaban J connectivity index is 3.61. The molecule has 56 heavy (non-hydrogen) atoms. The summed E-state index contributed by atoms with van der Waals surface area (Å²) in [5.41, 5.74) is 0. The third kappa shape index (κ3) is 36.2. The van der Waals surface area contributed by atoms with Crippen LogP contribution in [-0.2, 0) is 52.5 Å². The predicted octanol–water partition coefficient (Wildman–Crippen LogP) is 4.15. The molecule has 0 unspecified atom stereocenters. The smallest absolute Gasteiger partial charge is 0.326 e. The molecule has 0 aromatic rings. The van der Waals surface area contributed by atoms with Gasteiger partial charge in [0.1, 0.15) is 25.0 Å². The number of hydrogen-bond acceptors (Lipinski definition) is 11. The van der Waals surface area contributed by atoms with E-state index in [1.54, 1.807) is 6.92 Å². The van der Waals surface area contributed by atoms with E-state index in [4.69, 9.17) is 24.1 Å². The Labute approximate surface area is 333 Å². The molecule has 16 heteroatoms. The number of ketones is 2. The summed E-state index contributed by atoms with van der Waals surface area (Å²) < 4.78 is 21.4. The van der Waals surface area contributed by atoms with Gasteiger partial charge in [0.2, 0.25) is 17.7 Å². The van der Waals surface area contributed by atoms with Crippen molar-refractivity contribution in [3.05, 3.63) is 0 Å². The molecule has 3 amide bonds. The van der Waals surface area contributed by atoms with E-state index in [0.29, 0.717) is 52.2 Å². The second-order valence-electron chi connectivity index (χ2n) is 14.1. The Morgan fingerprint density at radius 2 is 1.04 bits per heavy atom. The van der Waals surface area contributed by atoms with Crippen molar-refractivity contribution in [2.75, 3.05) is 65.9 Å². The van der Waals surface area contributed by atoms with Gasteiger partial charge in [-0.25, -0.2) is 4.79 Å². The molecule has 0 aliphatic carbocycles. The van der Waals surface area contributed by atoms with Gasteiger partial charge in [-0.15, -0.1) is 0 Å². The van der Waals surface area contributed by atoms with Gasteiger partial charge in [0.05, 0.1) is 33.0 Å². The zero-order valence-electron chi connectivity index (χ0n) is 34.0. The van der Waals surface area contributed by atoms with Gasteiger partial charge in [-0.1, -0.05) is 64.7 Å². The number of ether oxygens (including phenoxy) is 4. The van der Waals surface area contributed by atoms with E-state index >= 15 is 0 Å². The lowest BCUT2D eigenvalue weighted by Gasteiger charge is -2.15. The highest BCUT2D eigenvalue weighted by Gasteiger charge is 2.21. The lowest BCUT2D eigenvalue weighted by atomic mass is 10.0. The summed E-state index contributed by atoms with van der Waals surface area (Å²) in [6, 6.07) is -1.23. The Hall–Kier alpha value is -3.47. The largest absolute Gasteiger partial charge is 0.481 e. The number of carboxylic acid groups (broad SMARTS) is 2. The molecule has 324 valence electrons. The van der Waals surface area contributed by atoms with Gasteiger partial charge in [-0.3, -0.25) is 28.8 Å². The number of unbranched alkanes of at least 4 members (excludes halogenated alkanes) is 10. The van der Waals surface area contributed by atoms with Gasteiger partial charge >= 0.3 is 11.9 Å². The summed E-state index contributed by atoms with van der Waals surface area (Å²) in [7, 11) is 0. The van der Waals surface area contributed by atoms with Crippen LogP contribution in [0, 0.1) is 5.92 Å². The Morgan fingerprint density at radius 1 is 0.500 bits per heavy atom. The number of carbonyl (C=O) groups is 7. The number of Topliss-reactive ketones (excluding diaryl/α,β-unsaturated/α-hetero) is 2. The van der Waals surface area contributed by atoms with E-state index in [9.17, 15) is 38.7 Å². The number of amides is 3. The molecule has 5 N–H and O–H groups in total. The fraction of sp³-hybridized carbons (Fsp3) is 0.825. The molecular weight excluding hydrogens is 730 g/mol. The van der Waals surface area contributed by atoms with Crippen molar-refractivity contribution in [1.29, 1.82) is 0 Å². The average molecular weight is 802 g/mol. The number of carbonyl (C=O) groups excluding carboxylic acids is 5. The van der Waals surface area contributed by atoms with Crippen LogP contribution in [-0.4, -0.2) is 123 Å². The summed E-state index contributed by atoms with van der Waals surface area (Å²) in [4.78, 5) is 81.4. The van der Waals surface area contributed by atoms with Crippen molar-refractivity contribution in [3.63, 3.8) is 0 Å². The fourth-order valence-corrected chi connectivity index (χ4v) is 5.43. The highest BCUT2D eigenvalue weighted by molar-refractivity contribution is 5.85. The monoisotopic (exact) mass is 801 g/mol.